The molecule has 0 radical (unpaired) electrons. The smallest absolute Gasteiger partial charge is 0.173 e. The lowest BCUT2D eigenvalue weighted by atomic mass is 10.2. The van der Waals surface area contributed by atoms with E-state index in [-0.39, 0.29) is 37.2 Å². The molecule has 1 N–H and O–H groups in total. The molecule has 2 aromatic carbocycles. The van der Waals surface area contributed by atoms with Crippen molar-refractivity contribution in [3.63, 3.8) is 0 Å². The number of rotatable bonds is 6. The fourth-order valence-electron chi connectivity index (χ4n) is 3.42. The van der Waals surface area contributed by atoms with Crippen molar-refractivity contribution >= 4 is 48.6 Å². The van der Waals surface area contributed by atoms with Crippen LogP contribution in [0.25, 0.3) is 0 Å². The topological polar surface area (TPSA) is 37.0 Å². The van der Waals surface area contributed by atoms with Crippen LogP contribution < -0.4 is 15.1 Å². The number of halogens is 3. The third-order valence-corrected chi connectivity index (χ3v) is 4.90. The summed E-state index contributed by atoms with van der Waals surface area (Å²) in [5.74, 6) is 0.835. The van der Waals surface area contributed by atoms with Gasteiger partial charge in [-0.1, -0.05) is 24.3 Å². The van der Waals surface area contributed by atoms with Gasteiger partial charge in [-0.2, -0.15) is 4.89 Å². The van der Waals surface area contributed by atoms with Crippen molar-refractivity contribution < 1.29 is 9.78 Å². The summed E-state index contributed by atoms with van der Waals surface area (Å²) < 4.78 is 0. The van der Waals surface area contributed by atoms with Gasteiger partial charge in [0.15, 0.2) is 5.75 Å². The summed E-state index contributed by atoms with van der Waals surface area (Å²) in [7, 11) is 0. The first kappa shape index (κ1) is 24.7. The molecule has 5 nitrogen and oxygen atoms in total. The predicted molar refractivity (Wildman–Crippen MR) is 122 cm³/mol. The first-order valence-corrected chi connectivity index (χ1v) is 9.07. The first-order chi connectivity index (χ1) is 12.4. The maximum absolute atomic E-state index is 5.13. The van der Waals surface area contributed by atoms with Crippen LogP contribution >= 0.6 is 37.2 Å². The lowest BCUT2D eigenvalue weighted by Crippen LogP contribution is -2.46. The molecular weight excluding hydrogens is 421 g/mol. The largest absolute Gasteiger partial charge is 0.385 e. The Morgan fingerprint density at radius 1 is 0.893 bits per heavy atom. The van der Waals surface area contributed by atoms with E-state index in [2.05, 4.69) is 57.6 Å². The first-order valence-electron chi connectivity index (χ1n) is 9.07. The zero-order valence-corrected chi connectivity index (χ0v) is 18.2. The van der Waals surface area contributed by atoms with Crippen molar-refractivity contribution in [3.05, 3.63) is 54.1 Å². The van der Waals surface area contributed by atoms with Crippen LogP contribution in [0.1, 0.15) is 12.0 Å². The highest BCUT2D eigenvalue weighted by Gasteiger charge is 2.17. The monoisotopic (exact) mass is 447 g/mol. The van der Waals surface area contributed by atoms with Gasteiger partial charge in [0.2, 0.25) is 0 Å². The number of benzene rings is 2. The second-order valence-electron chi connectivity index (χ2n) is 6.61. The number of nitrogens with zero attached hydrogens (tertiary/aromatic N) is 2. The van der Waals surface area contributed by atoms with Crippen LogP contribution in [0.2, 0.25) is 0 Å². The van der Waals surface area contributed by atoms with Crippen molar-refractivity contribution in [1.82, 2.24) is 4.90 Å². The number of fused-ring (bicyclic) bond motifs is 1. The van der Waals surface area contributed by atoms with E-state index >= 15 is 0 Å². The molecule has 0 saturated carbocycles. The molecule has 2 aromatic rings. The molecule has 0 amide bonds. The molecule has 4 rings (SSSR count). The maximum Gasteiger partial charge on any atom is 0.173 e. The molecule has 28 heavy (non-hydrogen) atoms. The lowest BCUT2D eigenvalue weighted by Gasteiger charge is -2.36. The molecule has 2 aliphatic rings. The van der Waals surface area contributed by atoms with Crippen molar-refractivity contribution in [1.29, 1.82) is 0 Å². The minimum Gasteiger partial charge on any atom is -0.385 e. The van der Waals surface area contributed by atoms with Gasteiger partial charge in [-0.25, -0.2) is 0 Å². The van der Waals surface area contributed by atoms with Crippen LogP contribution in [0.15, 0.2) is 48.5 Å². The Balaban J connectivity index is 0.00000131. The van der Waals surface area contributed by atoms with Gasteiger partial charge in [-0.05, 0) is 31.2 Å². The average Bonchev–Trinajstić information content (AvgIpc) is 3.14. The van der Waals surface area contributed by atoms with Gasteiger partial charge < -0.3 is 15.1 Å². The minimum atomic E-state index is 0. The van der Waals surface area contributed by atoms with Crippen LogP contribution in [0.4, 0.5) is 11.4 Å². The molecule has 0 bridgehead atoms. The van der Waals surface area contributed by atoms with Gasteiger partial charge in [0.25, 0.3) is 0 Å². The van der Waals surface area contributed by atoms with E-state index in [9.17, 15) is 0 Å². The van der Waals surface area contributed by atoms with Gasteiger partial charge in [0.05, 0.1) is 0 Å². The van der Waals surface area contributed by atoms with Gasteiger partial charge in [-0.3, -0.25) is 4.90 Å². The molecule has 156 valence electrons. The number of para-hydroxylation sites is 1. The van der Waals surface area contributed by atoms with E-state index < -0.39 is 0 Å². The van der Waals surface area contributed by atoms with Crippen LogP contribution in [0.3, 0.4) is 0 Å². The van der Waals surface area contributed by atoms with E-state index in [0.717, 1.165) is 62.7 Å². The summed E-state index contributed by atoms with van der Waals surface area (Å²) in [4.78, 5) is 15.1. The summed E-state index contributed by atoms with van der Waals surface area (Å²) in [6.45, 7) is 7.15. The molecule has 1 saturated heterocycles. The van der Waals surface area contributed by atoms with E-state index in [4.69, 9.17) is 9.78 Å². The van der Waals surface area contributed by atoms with Crippen molar-refractivity contribution in [3.8, 4) is 5.75 Å². The highest BCUT2D eigenvalue weighted by Crippen LogP contribution is 2.28. The summed E-state index contributed by atoms with van der Waals surface area (Å²) in [5.41, 5.74) is 3.55. The van der Waals surface area contributed by atoms with Crippen LogP contribution in [0, 0.1) is 0 Å². The Morgan fingerprint density at radius 3 is 2.39 bits per heavy atom. The molecular formula is C20H28Cl3N3O2. The lowest BCUT2D eigenvalue weighted by molar-refractivity contribution is -0.194. The van der Waals surface area contributed by atoms with Gasteiger partial charge >= 0.3 is 0 Å². The van der Waals surface area contributed by atoms with Gasteiger partial charge in [-0.15, -0.1) is 37.2 Å². The summed E-state index contributed by atoms with van der Waals surface area (Å²) >= 11 is 0. The molecule has 0 aromatic heterocycles. The van der Waals surface area contributed by atoms with Gasteiger partial charge in [0.1, 0.15) is 6.61 Å². The second-order valence-corrected chi connectivity index (χ2v) is 6.61. The Bertz CT molecular complexity index is 698. The summed E-state index contributed by atoms with van der Waals surface area (Å²) in [6.07, 6.45) is 1.14. The number of hydrogen-bond donors (Lipinski definition) is 1. The zero-order chi connectivity index (χ0) is 16.9. The van der Waals surface area contributed by atoms with Gasteiger partial charge in [0, 0.05) is 55.7 Å². The van der Waals surface area contributed by atoms with E-state index in [1.54, 1.807) is 0 Å². The highest BCUT2D eigenvalue weighted by atomic mass is 35.5. The Kier molecular flexibility index (Phi) is 10.8. The molecule has 8 heteroatoms. The third kappa shape index (κ3) is 6.33. The number of anilines is 2. The van der Waals surface area contributed by atoms with Crippen molar-refractivity contribution in [2.24, 2.45) is 0 Å². The zero-order valence-electron chi connectivity index (χ0n) is 15.7. The second kappa shape index (κ2) is 12.2. The average molecular weight is 449 g/mol. The molecule has 0 unspecified atom stereocenters. The molecule has 0 spiro atoms. The van der Waals surface area contributed by atoms with Crippen molar-refractivity contribution in [2.45, 2.75) is 13.0 Å². The number of hydrogen-bond acceptors (Lipinski definition) is 5. The third-order valence-electron chi connectivity index (χ3n) is 4.90. The molecule has 0 atom stereocenters. The highest BCUT2D eigenvalue weighted by molar-refractivity contribution is 5.86. The fourth-order valence-corrected chi connectivity index (χ4v) is 3.42. The SMILES string of the molecule is Cl.Cl.Cl.c1ccc(N2CCN(CCCNc3ccc4c(c3)OOC4)CC2)cc1. The van der Waals surface area contributed by atoms with Crippen LogP contribution in [0.5, 0.6) is 5.75 Å². The van der Waals surface area contributed by atoms with Crippen molar-refractivity contribution in [2.75, 3.05) is 49.5 Å². The van der Waals surface area contributed by atoms with Crippen LogP contribution in [-0.2, 0) is 11.5 Å². The summed E-state index contributed by atoms with van der Waals surface area (Å²) in [6, 6.07) is 16.9. The van der Waals surface area contributed by atoms with E-state index in [0.29, 0.717) is 6.61 Å². The van der Waals surface area contributed by atoms with Crippen LogP contribution in [-0.4, -0.2) is 44.2 Å². The van der Waals surface area contributed by atoms with E-state index in [1.165, 1.54) is 5.69 Å². The molecule has 0 aliphatic carbocycles. The summed E-state index contributed by atoms with van der Waals surface area (Å²) in [5, 5.41) is 3.48. The maximum atomic E-state index is 5.13. The quantitative estimate of drug-likeness (QED) is 0.523. The Morgan fingerprint density at radius 2 is 1.64 bits per heavy atom. The normalized spacial score (nSPS) is 15.4. The minimum absolute atomic E-state index is 0. The fraction of sp³-hybridized carbons (Fsp3) is 0.400. The Hall–Kier alpha value is -1.37. The molecule has 1 fully saturated rings. The molecule has 2 aliphatic heterocycles. The standard InChI is InChI=1S/C20H25N3O2.3ClH/c1-2-5-19(6-3-1)23-13-11-22(12-14-23)10-4-9-21-18-8-7-17-16-24-25-20(17)15-18;;;/h1-3,5-8,15,21H,4,9-14,16H2;3*1H. The number of piperazine rings is 1. The predicted octanol–water partition coefficient (Wildman–Crippen LogP) is 4.40. The Labute approximate surface area is 185 Å². The number of nitrogens with one attached hydrogen (secondary N) is 1. The molecule has 2 heterocycles. The van der Waals surface area contributed by atoms with E-state index in [1.807, 2.05) is 6.07 Å².